The first-order chi connectivity index (χ1) is 11.6. The summed E-state index contributed by atoms with van der Waals surface area (Å²) in [5.41, 5.74) is 4.02. The number of hydrogen-bond donors (Lipinski definition) is 1. The highest BCUT2D eigenvalue weighted by Crippen LogP contribution is 2.38. The second-order valence-corrected chi connectivity index (χ2v) is 6.56. The summed E-state index contributed by atoms with van der Waals surface area (Å²) in [7, 11) is 0. The van der Waals surface area contributed by atoms with Crippen LogP contribution in [0.25, 0.3) is 5.65 Å². The number of anilines is 1. The molecule has 3 aromatic heterocycles. The molecule has 0 saturated heterocycles. The summed E-state index contributed by atoms with van der Waals surface area (Å²) in [6, 6.07) is 1.94. The van der Waals surface area contributed by atoms with Gasteiger partial charge in [-0.1, -0.05) is 12.1 Å². The Labute approximate surface area is 140 Å². The van der Waals surface area contributed by atoms with Crippen LogP contribution in [-0.4, -0.2) is 24.7 Å². The predicted molar refractivity (Wildman–Crippen MR) is 90.1 cm³/mol. The Morgan fingerprint density at radius 3 is 2.83 bits per heavy atom. The fourth-order valence-electron chi connectivity index (χ4n) is 2.78. The van der Waals surface area contributed by atoms with Crippen molar-refractivity contribution in [1.29, 1.82) is 0 Å². The maximum absolute atomic E-state index is 5.43. The molecule has 0 bridgehead atoms. The van der Waals surface area contributed by atoms with E-state index < -0.39 is 0 Å². The van der Waals surface area contributed by atoms with Gasteiger partial charge in [-0.2, -0.15) is 14.6 Å². The molecule has 126 valence electrons. The monoisotopic (exact) mass is 326 g/mol. The fraction of sp³-hybridized carbons (Fsp3) is 0.529. The number of aryl methyl sites for hydroxylation is 3. The summed E-state index contributed by atoms with van der Waals surface area (Å²) in [6.45, 7) is 8.18. The molecular formula is C17H22N6O. The molecule has 4 rings (SSSR count). The van der Waals surface area contributed by atoms with Gasteiger partial charge in [0.15, 0.2) is 11.5 Å². The first kappa shape index (κ1) is 15.1. The average Bonchev–Trinajstić information content (AvgIpc) is 3.24. The summed E-state index contributed by atoms with van der Waals surface area (Å²) >= 11 is 0. The molecule has 0 amide bonds. The van der Waals surface area contributed by atoms with Crippen LogP contribution in [0.5, 0.6) is 0 Å². The van der Waals surface area contributed by atoms with Crippen LogP contribution in [0.2, 0.25) is 0 Å². The van der Waals surface area contributed by atoms with E-state index in [0.29, 0.717) is 11.8 Å². The fourth-order valence-corrected chi connectivity index (χ4v) is 2.78. The van der Waals surface area contributed by atoms with Crippen molar-refractivity contribution in [2.24, 2.45) is 0 Å². The van der Waals surface area contributed by atoms with Crippen LogP contribution in [0.15, 0.2) is 10.6 Å². The van der Waals surface area contributed by atoms with Crippen molar-refractivity contribution < 1.29 is 4.52 Å². The Kier molecular flexibility index (Phi) is 3.51. The highest BCUT2D eigenvalue weighted by Gasteiger charge is 2.29. The van der Waals surface area contributed by atoms with Crippen molar-refractivity contribution in [3.05, 3.63) is 34.7 Å². The van der Waals surface area contributed by atoms with E-state index in [9.17, 15) is 0 Å². The SMILES string of the molecule is CCc1cc(N[C@H](C)c2nc(C3CC3)no2)n2nc(C)c(C)c2n1. The maximum atomic E-state index is 5.43. The molecule has 1 aliphatic carbocycles. The van der Waals surface area contributed by atoms with Crippen molar-refractivity contribution in [2.75, 3.05) is 5.32 Å². The van der Waals surface area contributed by atoms with Gasteiger partial charge in [-0.25, -0.2) is 4.98 Å². The highest BCUT2D eigenvalue weighted by molar-refractivity contribution is 5.56. The molecule has 0 spiro atoms. The molecule has 3 heterocycles. The Morgan fingerprint density at radius 2 is 2.12 bits per heavy atom. The number of rotatable bonds is 5. The molecule has 1 N–H and O–H groups in total. The first-order valence-electron chi connectivity index (χ1n) is 8.52. The van der Waals surface area contributed by atoms with Gasteiger partial charge in [-0.3, -0.25) is 0 Å². The molecule has 7 heteroatoms. The van der Waals surface area contributed by atoms with Gasteiger partial charge in [0.2, 0.25) is 5.89 Å². The van der Waals surface area contributed by atoms with Crippen LogP contribution < -0.4 is 5.32 Å². The summed E-state index contributed by atoms with van der Waals surface area (Å²) in [5.74, 6) is 2.83. The van der Waals surface area contributed by atoms with E-state index in [1.807, 2.05) is 24.4 Å². The number of nitrogens with zero attached hydrogens (tertiary/aromatic N) is 5. The van der Waals surface area contributed by atoms with Gasteiger partial charge in [0.05, 0.1) is 5.69 Å². The molecular weight excluding hydrogens is 304 g/mol. The third-order valence-corrected chi connectivity index (χ3v) is 4.61. The van der Waals surface area contributed by atoms with Crippen molar-refractivity contribution in [1.82, 2.24) is 24.7 Å². The van der Waals surface area contributed by atoms with Gasteiger partial charge in [0.25, 0.3) is 0 Å². The van der Waals surface area contributed by atoms with Gasteiger partial charge in [-0.15, -0.1) is 0 Å². The first-order valence-corrected chi connectivity index (χ1v) is 8.52. The molecule has 1 fully saturated rings. The van der Waals surface area contributed by atoms with E-state index in [1.165, 1.54) is 0 Å². The molecule has 0 aromatic carbocycles. The van der Waals surface area contributed by atoms with Crippen LogP contribution in [0.3, 0.4) is 0 Å². The Balaban J connectivity index is 1.68. The Morgan fingerprint density at radius 1 is 1.33 bits per heavy atom. The van der Waals surface area contributed by atoms with Crippen molar-refractivity contribution >= 4 is 11.5 Å². The lowest BCUT2D eigenvalue weighted by Gasteiger charge is -2.13. The zero-order valence-corrected chi connectivity index (χ0v) is 14.5. The van der Waals surface area contributed by atoms with Crippen LogP contribution in [0.4, 0.5) is 5.82 Å². The number of nitrogens with one attached hydrogen (secondary N) is 1. The zero-order valence-electron chi connectivity index (χ0n) is 14.5. The molecule has 0 aliphatic heterocycles. The van der Waals surface area contributed by atoms with Crippen LogP contribution in [0.1, 0.15) is 67.3 Å². The van der Waals surface area contributed by atoms with E-state index in [4.69, 9.17) is 9.51 Å². The second kappa shape index (κ2) is 5.58. The van der Waals surface area contributed by atoms with Crippen molar-refractivity contribution in [2.45, 2.75) is 58.9 Å². The van der Waals surface area contributed by atoms with E-state index in [-0.39, 0.29) is 6.04 Å². The van der Waals surface area contributed by atoms with Gasteiger partial charge < -0.3 is 9.84 Å². The maximum Gasteiger partial charge on any atom is 0.248 e. The zero-order chi connectivity index (χ0) is 16.8. The normalized spacial score (nSPS) is 15.8. The number of hydrogen-bond acceptors (Lipinski definition) is 6. The molecule has 1 atom stereocenters. The third kappa shape index (κ3) is 2.53. The van der Waals surface area contributed by atoms with Gasteiger partial charge >= 0.3 is 0 Å². The van der Waals surface area contributed by atoms with Crippen LogP contribution in [-0.2, 0) is 6.42 Å². The largest absolute Gasteiger partial charge is 0.358 e. The predicted octanol–water partition coefficient (Wildman–Crippen LogP) is 3.34. The number of fused-ring (bicyclic) bond motifs is 1. The van der Waals surface area contributed by atoms with Gasteiger partial charge in [-0.05, 0) is 40.0 Å². The highest BCUT2D eigenvalue weighted by atomic mass is 16.5. The summed E-state index contributed by atoms with van der Waals surface area (Å²) in [6.07, 6.45) is 3.20. The standard InChI is InChI=1S/C17H22N6O/c1-5-13-8-14(23-16(19-13)9(2)10(3)21-23)18-11(4)17-20-15(22-24-17)12-6-7-12/h8,11-12,18H,5-7H2,1-4H3/t11-/m1/s1. The molecule has 7 nitrogen and oxygen atoms in total. The van der Waals surface area contributed by atoms with E-state index in [0.717, 1.165) is 53.5 Å². The molecule has 1 aliphatic rings. The van der Waals surface area contributed by atoms with E-state index in [2.05, 4.69) is 34.4 Å². The summed E-state index contributed by atoms with van der Waals surface area (Å²) < 4.78 is 7.29. The second-order valence-electron chi connectivity index (χ2n) is 6.56. The van der Waals surface area contributed by atoms with E-state index >= 15 is 0 Å². The lowest BCUT2D eigenvalue weighted by Crippen LogP contribution is -2.12. The minimum atomic E-state index is -0.0925. The third-order valence-electron chi connectivity index (χ3n) is 4.61. The van der Waals surface area contributed by atoms with Crippen LogP contribution in [0, 0.1) is 13.8 Å². The molecule has 1 saturated carbocycles. The summed E-state index contributed by atoms with van der Waals surface area (Å²) in [5, 5.41) is 12.2. The van der Waals surface area contributed by atoms with Crippen molar-refractivity contribution in [3.8, 4) is 0 Å². The molecule has 24 heavy (non-hydrogen) atoms. The molecule has 0 radical (unpaired) electrons. The van der Waals surface area contributed by atoms with Crippen LogP contribution >= 0.6 is 0 Å². The minimum Gasteiger partial charge on any atom is -0.358 e. The van der Waals surface area contributed by atoms with E-state index in [1.54, 1.807) is 0 Å². The topological polar surface area (TPSA) is 81.1 Å². The minimum absolute atomic E-state index is 0.0925. The van der Waals surface area contributed by atoms with Crippen molar-refractivity contribution in [3.63, 3.8) is 0 Å². The lowest BCUT2D eigenvalue weighted by molar-refractivity contribution is 0.362. The van der Waals surface area contributed by atoms with Gasteiger partial charge in [0.1, 0.15) is 11.9 Å². The Bertz CT molecular complexity index is 892. The molecule has 3 aromatic rings. The average molecular weight is 326 g/mol. The lowest BCUT2D eigenvalue weighted by atomic mass is 10.2. The Hall–Kier alpha value is -2.44. The number of aromatic nitrogens is 5. The smallest absolute Gasteiger partial charge is 0.248 e. The quantitative estimate of drug-likeness (QED) is 0.774. The molecule has 0 unspecified atom stereocenters. The van der Waals surface area contributed by atoms with Gasteiger partial charge in [0, 0.05) is 23.2 Å². The summed E-state index contributed by atoms with van der Waals surface area (Å²) in [4.78, 5) is 9.23.